The van der Waals surface area contributed by atoms with E-state index in [1.807, 2.05) is 30.3 Å². The topological polar surface area (TPSA) is 52.6 Å². The van der Waals surface area contributed by atoms with Crippen molar-refractivity contribution in [1.29, 1.82) is 0 Å². The molecule has 0 aliphatic heterocycles. The predicted molar refractivity (Wildman–Crippen MR) is 74.5 cm³/mol. The van der Waals surface area contributed by atoms with Crippen molar-refractivity contribution in [3.63, 3.8) is 0 Å². The molecule has 20 heavy (non-hydrogen) atoms. The summed E-state index contributed by atoms with van der Waals surface area (Å²) in [4.78, 5) is 22.9. The lowest BCUT2D eigenvalue weighted by atomic mass is 9.99. The molecule has 0 amide bonds. The van der Waals surface area contributed by atoms with Crippen molar-refractivity contribution in [3.8, 4) is 16.9 Å². The summed E-state index contributed by atoms with van der Waals surface area (Å²) in [6.07, 6.45) is 0. The fraction of sp³-hybridized carbons (Fsp3) is 0.125. The molecule has 0 spiro atoms. The van der Waals surface area contributed by atoms with Crippen molar-refractivity contribution >= 4 is 11.9 Å². The maximum Gasteiger partial charge on any atom is 0.338 e. The second-order valence-corrected chi connectivity index (χ2v) is 4.16. The fourth-order valence-electron chi connectivity index (χ4n) is 1.90. The minimum Gasteiger partial charge on any atom is -0.465 e. The second-order valence-electron chi connectivity index (χ2n) is 4.16. The molecule has 0 aliphatic carbocycles. The van der Waals surface area contributed by atoms with Crippen molar-refractivity contribution in [2.75, 3.05) is 7.11 Å². The Morgan fingerprint density at radius 3 is 2.30 bits per heavy atom. The van der Waals surface area contributed by atoms with Gasteiger partial charge in [-0.25, -0.2) is 4.79 Å². The van der Waals surface area contributed by atoms with Gasteiger partial charge in [0.25, 0.3) is 0 Å². The van der Waals surface area contributed by atoms with Crippen LogP contribution < -0.4 is 4.74 Å². The van der Waals surface area contributed by atoms with Gasteiger partial charge in [0.15, 0.2) is 0 Å². The molecule has 2 rings (SSSR count). The summed E-state index contributed by atoms with van der Waals surface area (Å²) in [6, 6.07) is 14.4. The van der Waals surface area contributed by atoms with E-state index in [0.29, 0.717) is 11.3 Å². The summed E-state index contributed by atoms with van der Waals surface area (Å²) in [5.41, 5.74) is 1.98. The van der Waals surface area contributed by atoms with Crippen LogP contribution in [0.25, 0.3) is 11.1 Å². The molecule has 0 atom stereocenters. The van der Waals surface area contributed by atoms with Gasteiger partial charge in [-0.1, -0.05) is 30.3 Å². The summed E-state index contributed by atoms with van der Waals surface area (Å²) in [7, 11) is 1.32. The minimum absolute atomic E-state index is 0.317. The molecule has 0 aromatic heterocycles. The SMILES string of the molecule is COC(=O)c1cc(OC(C)=O)ccc1-c1ccccc1. The maximum atomic E-state index is 11.9. The number of rotatable bonds is 3. The van der Waals surface area contributed by atoms with E-state index in [1.54, 1.807) is 12.1 Å². The molecular weight excluding hydrogens is 256 g/mol. The molecule has 0 heterocycles. The van der Waals surface area contributed by atoms with Gasteiger partial charge in [0.2, 0.25) is 0 Å². The zero-order chi connectivity index (χ0) is 14.5. The average Bonchev–Trinajstić information content (AvgIpc) is 2.46. The van der Waals surface area contributed by atoms with Crippen LogP contribution in [0.2, 0.25) is 0 Å². The van der Waals surface area contributed by atoms with Crippen molar-refractivity contribution in [3.05, 3.63) is 54.1 Å². The lowest BCUT2D eigenvalue weighted by molar-refractivity contribution is -0.131. The van der Waals surface area contributed by atoms with E-state index in [1.165, 1.54) is 20.1 Å². The van der Waals surface area contributed by atoms with Crippen LogP contribution in [0.4, 0.5) is 0 Å². The molecule has 2 aromatic rings. The Hall–Kier alpha value is -2.62. The van der Waals surface area contributed by atoms with E-state index in [-0.39, 0.29) is 0 Å². The number of methoxy groups -OCH3 is 1. The lowest BCUT2D eigenvalue weighted by Crippen LogP contribution is -2.06. The quantitative estimate of drug-likeness (QED) is 0.635. The van der Waals surface area contributed by atoms with E-state index in [0.717, 1.165) is 11.1 Å². The summed E-state index contributed by atoms with van der Waals surface area (Å²) in [6.45, 7) is 1.31. The van der Waals surface area contributed by atoms with Gasteiger partial charge in [-0.2, -0.15) is 0 Å². The Morgan fingerprint density at radius 1 is 1.00 bits per heavy atom. The molecule has 0 N–H and O–H groups in total. The van der Waals surface area contributed by atoms with Gasteiger partial charge in [0, 0.05) is 6.92 Å². The number of hydrogen-bond donors (Lipinski definition) is 0. The molecule has 4 nitrogen and oxygen atoms in total. The van der Waals surface area contributed by atoms with Gasteiger partial charge in [0.05, 0.1) is 12.7 Å². The summed E-state index contributed by atoms with van der Waals surface area (Å²) in [5, 5.41) is 0. The third kappa shape index (κ3) is 3.03. The van der Waals surface area contributed by atoms with Crippen molar-refractivity contribution in [1.82, 2.24) is 0 Å². The Morgan fingerprint density at radius 2 is 1.70 bits per heavy atom. The van der Waals surface area contributed by atoms with Gasteiger partial charge in [-0.15, -0.1) is 0 Å². The Bertz CT molecular complexity index is 632. The third-order valence-electron chi connectivity index (χ3n) is 2.74. The van der Waals surface area contributed by atoms with Crippen LogP contribution in [0.15, 0.2) is 48.5 Å². The number of carbonyl (C=O) groups excluding carboxylic acids is 2. The standard InChI is InChI=1S/C16H14O4/c1-11(17)20-13-8-9-14(12-6-4-3-5-7-12)15(10-13)16(18)19-2/h3-10H,1-2H3. The molecule has 4 heteroatoms. The predicted octanol–water partition coefficient (Wildman–Crippen LogP) is 3.07. The van der Waals surface area contributed by atoms with Crippen LogP contribution >= 0.6 is 0 Å². The fourth-order valence-corrected chi connectivity index (χ4v) is 1.90. The smallest absolute Gasteiger partial charge is 0.338 e. The van der Waals surface area contributed by atoms with Crippen LogP contribution in [-0.4, -0.2) is 19.0 Å². The van der Waals surface area contributed by atoms with E-state index >= 15 is 0 Å². The van der Waals surface area contributed by atoms with Crippen LogP contribution in [-0.2, 0) is 9.53 Å². The third-order valence-corrected chi connectivity index (χ3v) is 2.74. The first-order valence-electron chi connectivity index (χ1n) is 6.08. The van der Waals surface area contributed by atoms with E-state index in [9.17, 15) is 9.59 Å². The molecular formula is C16H14O4. The first-order valence-corrected chi connectivity index (χ1v) is 6.08. The molecule has 0 unspecified atom stereocenters. The second kappa shape index (κ2) is 6.02. The highest BCUT2D eigenvalue weighted by atomic mass is 16.5. The van der Waals surface area contributed by atoms with Gasteiger partial charge in [-0.05, 0) is 29.3 Å². The normalized spacial score (nSPS) is 9.90. The highest BCUT2D eigenvalue weighted by Gasteiger charge is 2.15. The van der Waals surface area contributed by atoms with Crippen molar-refractivity contribution < 1.29 is 19.1 Å². The molecule has 2 aromatic carbocycles. The Labute approximate surface area is 116 Å². The summed E-state index contributed by atoms with van der Waals surface area (Å²) < 4.78 is 9.77. The van der Waals surface area contributed by atoms with E-state index in [2.05, 4.69) is 0 Å². The molecule has 0 bridgehead atoms. The first-order chi connectivity index (χ1) is 9.61. The van der Waals surface area contributed by atoms with Crippen LogP contribution in [0.5, 0.6) is 5.75 Å². The van der Waals surface area contributed by atoms with Gasteiger partial charge < -0.3 is 9.47 Å². The number of benzene rings is 2. The Balaban J connectivity index is 2.51. The van der Waals surface area contributed by atoms with Crippen LogP contribution in [0.1, 0.15) is 17.3 Å². The van der Waals surface area contributed by atoms with Gasteiger partial charge in [0.1, 0.15) is 5.75 Å². The zero-order valence-electron chi connectivity index (χ0n) is 11.3. The molecule has 0 radical (unpaired) electrons. The van der Waals surface area contributed by atoms with Crippen molar-refractivity contribution in [2.45, 2.75) is 6.92 Å². The van der Waals surface area contributed by atoms with Gasteiger partial charge >= 0.3 is 11.9 Å². The minimum atomic E-state index is -0.474. The summed E-state index contributed by atoms with van der Waals surface area (Å²) >= 11 is 0. The maximum absolute atomic E-state index is 11.9. The van der Waals surface area contributed by atoms with E-state index in [4.69, 9.17) is 9.47 Å². The van der Waals surface area contributed by atoms with Crippen LogP contribution in [0, 0.1) is 0 Å². The highest BCUT2D eigenvalue weighted by Crippen LogP contribution is 2.28. The molecule has 0 saturated heterocycles. The lowest BCUT2D eigenvalue weighted by Gasteiger charge is -2.10. The average molecular weight is 270 g/mol. The first kappa shape index (κ1) is 13.8. The molecule has 0 fully saturated rings. The highest BCUT2D eigenvalue weighted by molar-refractivity contribution is 5.97. The summed E-state index contributed by atoms with van der Waals surface area (Å²) in [5.74, 6) is -0.594. The molecule has 102 valence electrons. The molecule has 0 saturated carbocycles. The number of carbonyl (C=O) groups is 2. The monoisotopic (exact) mass is 270 g/mol. The number of hydrogen-bond acceptors (Lipinski definition) is 4. The van der Waals surface area contributed by atoms with Crippen molar-refractivity contribution in [2.24, 2.45) is 0 Å². The van der Waals surface area contributed by atoms with E-state index < -0.39 is 11.9 Å². The zero-order valence-corrected chi connectivity index (χ0v) is 11.3. The largest absolute Gasteiger partial charge is 0.465 e. The Kier molecular flexibility index (Phi) is 4.15. The number of esters is 2. The molecule has 0 aliphatic rings. The van der Waals surface area contributed by atoms with Gasteiger partial charge in [-0.3, -0.25) is 4.79 Å². The van der Waals surface area contributed by atoms with Crippen LogP contribution in [0.3, 0.4) is 0 Å². The number of ether oxygens (including phenoxy) is 2.